The molecule has 32 heavy (non-hydrogen) atoms. The number of carbonyl (C=O) groups is 2. The molecule has 2 aromatic rings. The highest BCUT2D eigenvalue weighted by Crippen LogP contribution is 2.26. The van der Waals surface area contributed by atoms with Gasteiger partial charge in [0.05, 0.1) is 13.1 Å². The maximum absolute atomic E-state index is 12.8. The van der Waals surface area contributed by atoms with E-state index in [1.54, 1.807) is 0 Å². The smallest absolute Gasteiger partial charge is 0.238 e. The Kier molecular flexibility index (Phi) is 8.67. The standard InChI is InChI=1S/C25H33ClN4O2/c1-4-20-9-5-8-12-23(20)27-24(31)17-29-13-15-30(16-14-29)25(32)18-28(3)19(2)21-10-6-7-11-22(21)26/h5-12,19H,4,13-18H2,1-3H3,(H,27,31). The summed E-state index contributed by atoms with van der Waals surface area (Å²) in [7, 11) is 1.95. The minimum Gasteiger partial charge on any atom is -0.339 e. The lowest BCUT2D eigenvalue weighted by molar-refractivity contribution is -0.134. The van der Waals surface area contributed by atoms with Crippen LogP contribution < -0.4 is 5.32 Å². The van der Waals surface area contributed by atoms with E-state index in [4.69, 9.17) is 11.6 Å². The van der Waals surface area contributed by atoms with Gasteiger partial charge in [-0.05, 0) is 43.7 Å². The minimum atomic E-state index is -0.0148. The van der Waals surface area contributed by atoms with Gasteiger partial charge in [-0.3, -0.25) is 19.4 Å². The Morgan fingerprint density at radius 1 is 1.06 bits per heavy atom. The van der Waals surface area contributed by atoms with Crippen LogP contribution in [0.5, 0.6) is 0 Å². The molecule has 1 aliphatic rings. The Hall–Kier alpha value is -2.41. The first-order valence-corrected chi connectivity index (χ1v) is 11.6. The van der Waals surface area contributed by atoms with Crippen molar-refractivity contribution in [1.29, 1.82) is 0 Å². The third-order valence-electron chi connectivity index (χ3n) is 6.17. The molecule has 0 radical (unpaired) electrons. The Labute approximate surface area is 196 Å². The van der Waals surface area contributed by atoms with Crippen molar-refractivity contribution in [3.63, 3.8) is 0 Å². The van der Waals surface area contributed by atoms with Gasteiger partial charge < -0.3 is 10.2 Å². The van der Waals surface area contributed by atoms with Crippen molar-refractivity contribution >= 4 is 29.1 Å². The zero-order valence-electron chi connectivity index (χ0n) is 19.2. The molecule has 1 unspecified atom stereocenters. The first kappa shape index (κ1) is 24.2. The lowest BCUT2D eigenvalue weighted by Gasteiger charge is -2.36. The van der Waals surface area contributed by atoms with Crippen molar-refractivity contribution < 1.29 is 9.59 Å². The van der Waals surface area contributed by atoms with Gasteiger partial charge >= 0.3 is 0 Å². The Balaban J connectivity index is 1.45. The molecule has 2 amide bonds. The third kappa shape index (κ3) is 6.31. The van der Waals surface area contributed by atoms with Crippen LogP contribution in [0.2, 0.25) is 5.02 Å². The molecule has 1 atom stereocenters. The summed E-state index contributed by atoms with van der Waals surface area (Å²) in [6, 6.07) is 15.7. The number of anilines is 1. The summed E-state index contributed by atoms with van der Waals surface area (Å²) in [6.45, 7) is 7.45. The molecule has 0 saturated carbocycles. The number of halogens is 1. The van der Waals surface area contributed by atoms with Gasteiger partial charge in [0.15, 0.2) is 0 Å². The van der Waals surface area contributed by atoms with Crippen LogP contribution in [-0.2, 0) is 16.0 Å². The molecule has 1 fully saturated rings. The Morgan fingerprint density at radius 3 is 2.41 bits per heavy atom. The average Bonchev–Trinajstić information content (AvgIpc) is 2.79. The predicted octanol–water partition coefficient (Wildman–Crippen LogP) is 3.68. The Bertz CT molecular complexity index is 928. The van der Waals surface area contributed by atoms with E-state index in [1.165, 1.54) is 0 Å². The second-order valence-corrected chi connectivity index (χ2v) is 8.74. The largest absolute Gasteiger partial charge is 0.339 e. The summed E-state index contributed by atoms with van der Waals surface area (Å²) in [6.07, 6.45) is 0.876. The van der Waals surface area contributed by atoms with Crippen molar-refractivity contribution in [1.82, 2.24) is 14.7 Å². The van der Waals surface area contributed by atoms with Crippen LogP contribution in [-0.4, -0.2) is 72.8 Å². The van der Waals surface area contributed by atoms with Crippen LogP contribution in [0.3, 0.4) is 0 Å². The fraction of sp³-hybridized carbons (Fsp3) is 0.440. The molecule has 0 bridgehead atoms. The summed E-state index contributed by atoms with van der Waals surface area (Å²) in [4.78, 5) is 31.3. The highest BCUT2D eigenvalue weighted by molar-refractivity contribution is 6.31. The van der Waals surface area contributed by atoms with Crippen molar-refractivity contribution in [2.24, 2.45) is 0 Å². The van der Waals surface area contributed by atoms with Gasteiger partial charge in [0.25, 0.3) is 0 Å². The predicted molar refractivity (Wildman–Crippen MR) is 130 cm³/mol. The molecule has 0 aromatic heterocycles. The second kappa shape index (κ2) is 11.5. The first-order valence-electron chi connectivity index (χ1n) is 11.2. The average molecular weight is 457 g/mol. The van der Waals surface area contributed by atoms with Gasteiger partial charge in [0.2, 0.25) is 11.8 Å². The SMILES string of the molecule is CCc1ccccc1NC(=O)CN1CCN(C(=O)CN(C)C(C)c2ccccc2Cl)CC1. The maximum Gasteiger partial charge on any atom is 0.238 e. The number of hydrogen-bond acceptors (Lipinski definition) is 4. The number of benzene rings is 2. The second-order valence-electron chi connectivity index (χ2n) is 8.33. The number of hydrogen-bond donors (Lipinski definition) is 1. The van der Waals surface area contributed by atoms with Crippen LogP contribution in [0.1, 0.15) is 31.0 Å². The van der Waals surface area contributed by atoms with E-state index >= 15 is 0 Å². The molecular formula is C25H33ClN4O2. The van der Waals surface area contributed by atoms with Gasteiger partial charge in [-0.25, -0.2) is 0 Å². The highest BCUT2D eigenvalue weighted by atomic mass is 35.5. The number of nitrogens with zero attached hydrogens (tertiary/aromatic N) is 3. The summed E-state index contributed by atoms with van der Waals surface area (Å²) in [5.74, 6) is 0.0892. The minimum absolute atomic E-state index is 0.0148. The number of piperazine rings is 1. The Morgan fingerprint density at radius 2 is 1.72 bits per heavy atom. The fourth-order valence-corrected chi connectivity index (χ4v) is 4.29. The van der Waals surface area contributed by atoms with E-state index in [0.717, 1.165) is 23.2 Å². The van der Waals surface area contributed by atoms with Crippen LogP contribution in [0, 0.1) is 0 Å². The highest BCUT2D eigenvalue weighted by Gasteiger charge is 2.25. The lowest BCUT2D eigenvalue weighted by Crippen LogP contribution is -2.52. The summed E-state index contributed by atoms with van der Waals surface area (Å²) >= 11 is 6.31. The zero-order valence-corrected chi connectivity index (χ0v) is 19.9. The molecule has 1 saturated heterocycles. The number of rotatable bonds is 8. The van der Waals surface area contributed by atoms with Gasteiger partial charge in [-0.1, -0.05) is 54.9 Å². The van der Waals surface area contributed by atoms with Crippen LogP contribution in [0.4, 0.5) is 5.69 Å². The molecule has 0 aliphatic carbocycles. The normalized spacial score (nSPS) is 15.6. The van der Waals surface area contributed by atoms with E-state index < -0.39 is 0 Å². The molecule has 1 N–H and O–H groups in total. The van der Waals surface area contributed by atoms with Crippen molar-refractivity contribution in [3.8, 4) is 0 Å². The van der Waals surface area contributed by atoms with Gasteiger partial charge in [-0.2, -0.15) is 0 Å². The number of amides is 2. The molecule has 0 spiro atoms. The zero-order chi connectivity index (χ0) is 23.1. The quantitative estimate of drug-likeness (QED) is 0.658. The van der Waals surface area contributed by atoms with Crippen molar-refractivity contribution in [2.75, 3.05) is 51.6 Å². The van der Waals surface area contributed by atoms with Crippen LogP contribution in [0.15, 0.2) is 48.5 Å². The molecule has 3 rings (SSSR count). The third-order valence-corrected chi connectivity index (χ3v) is 6.51. The van der Waals surface area contributed by atoms with Crippen molar-refractivity contribution in [2.45, 2.75) is 26.3 Å². The number of aryl methyl sites for hydroxylation is 1. The monoisotopic (exact) mass is 456 g/mol. The van der Waals surface area contributed by atoms with E-state index in [2.05, 4.69) is 24.1 Å². The molecule has 1 heterocycles. The molecule has 6 nitrogen and oxygen atoms in total. The van der Waals surface area contributed by atoms with Crippen LogP contribution >= 0.6 is 11.6 Å². The molecule has 172 valence electrons. The van der Waals surface area contributed by atoms with E-state index in [0.29, 0.717) is 44.3 Å². The molecule has 2 aromatic carbocycles. The first-order chi connectivity index (χ1) is 15.4. The maximum atomic E-state index is 12.8. The summed E-state index contributed by atoms with van der Waals surface area (Å²) in [5, 5.41) is 3.74. The van der Waals surface area contributed by atoms with Gasteiger partial charge in [-0.15, -0.1) is 0 Å². The fourth-order valence-electron chi connectivity index (χ4n) is 4.00. The van der Waals surface area contributed by atoms with Crippen molar-refractivity contribution in [3.05, 3.63) is 64.7 Å². The number of likely N-dealkylation sites (N-methyl/N-ethyl adjacent to an activating group) is 1. The van der Waals surface area contributed by atoms with Gasteiger partial charge in [0.1, 0.15) is 0 Å². The summed E-state index contributed by atoms with van der Waals surface area (Å²) < 4.78 is 0. The number of para-hydroxylation sites is 1. The summed E-state index contributed by atoms with van der Waals surface area (Å²) in [5.41, 5.74) is 3.03. The topological polar surface area (TPSA) is 55.9 Å². The van der Waals surface area contributed by atoms with E-state index in [-0.39, 0.29) is 17.9 Å². The van der Waals surface area contributed by atoms with Gasteiger partial charge in [0, 0.05) is 42.9 Å². The molecule has 1 aliphatic heterocycles. The van der Waals surface area contributed by atoms with Crippen LogP contribution in [0.25, 0.3) is 0 Å². The lowest BCUT2D eigenvalue weighted by atomic mass is 10.1. The molecular weight excluding hydrogens is 424 g/mol. The van der Waals surface area contributed by atoms with E-state index in [9.17, 15) is 9.59 Å². The number of nitrogens with one attached hydrogen (secondary N) is 1. The number of carbonyl (C=O) groups excluding carboxylic acids is 2. The van der Waals surface area contributed by atoms with E-state index in [1.807, 2.05) is 65.4 Å². The molecule has 7 heteroatoms.